The van der Waals surface area contributed by atoms with Crippen molar-refractivity contribution in [1.82, 2.24) is 0 Å². The molecule has 0 amide bonds. The third-order valence-corrected chi connectivity index (χ3v) is 1.47. The standard InChI is InChI=1S/C9H10.W.Y/c1-7-4-5-8(2)9(3)6-7;;/h5H,1-3H3;;/q-2;;. The van der Waals surface area contributed by atoms with Gasteiger partial charge in [-0.1, -0.05) is 13.8 Å². The van der Waals surface area contributed by atoms with E-state index >= 15 is 0 Å². The van der Waals surface area contributed by atoms with Gasteiger partial charge in [0.15, 0.2) is 0 Å². The van der Waals surface area contributed by atoms with Crippen LogP contribution in [0, 0.1) is 32.9 Å². The predicted molar refractivity (Wildman–Crippen MR) is 38.3 cm³/mol. The van der Waals surface area contributed by atoms with E-state index in [9.17, 15) is 0 Å². The Labute approximate surface area is 108 Å². The van der Waals surface area contributed by atoms with E-state index < -0.39 is 0 Å². The Hall–Kier alpha value is 1.01. The van der Waals surface area contributed by atoms with Gasteiger partial charge in [0.1, 0.15) is 0 Å². The summed E-state index contributed by atoms with van der Waals surface area (Å²) in [4.78, 5) is 0. The van der Waals surface area contributed by atoms with Gasteiger partial charge in [-0.3, -0.25) is 22.8 Å². The van der Waals surface area contributed by atoms with E-state index in [4.69, 9.17) is 0 Å². The van der Waals surface area contributed by atoms with Crippen molar-refractivity contribution in [3.8, 4) is 0 Å². The average Bonchev–Trinajstić information content (AvgIpc) is 1.80. The molecule has 2 heteroatoms. The first-order chi connectivity index (χ1) is 4.20. The Balaban J connectivity index is 0. The van der Waals surface area contributed by atoms with Crippen LogP contribution < -0.4 is 0 Å². The van der Waals surface area contributed by atoms with E-state index in [2.05, 4.69) is 26.0 Å². The fraction of sp³-hybridized carbons (Fsp3) is 0.333. The summed E-state index contributed by atoms with van der Waals surface area (Å²) in [5.74, 6) is 0. The SMILES string of the molecule is Cc1[c-]cc(C)c(C)[c-]1.[W].[Y]. The molecule has 1 aromatic carbocycles. The summed E-state index contributed by atoms with van der Waals surface area (Å²) in [6, 6.07) is 8.27. The predicted octanol–water partition coefficient (Wildman–Crippen LogP) is 2.21. The van der Waals surface area contributed by atoms with Crippen molar-refractivity contribution in [2.45, 2.75) is 20.8 Å². The Bertz CT molecular complexity index is 221. The van der Waals surface area contributed by atoms with Gasteiger partial charge in [0.05, 0.1) is 0 Å². The van der Waals surface area contributed by atoms with Crippen molar-refractivity contribution in [2.75, 3.05) is 0 Å². The van der Waals surface area contributed by atoms with Crippen molar-refractivity contribution in [3.63, 3.8) is 0 Å². The van der Waals surface area contributed by atoms with Crippen molar-refractivity contribution >= 4 is 0 Å². The second-order valence-corrected chi connectivity index (χ2v) is 2.35. The van der Waals surface area contributed by atoms with Crippen molar-refractivity contribution in [3.05, 3.63) is 34.9 Å². The molecule has 0 heterocycles. The molecule has 0 spiro atoms. The Morgan fingerprint density at radius 2 is 1.73 bits per heavy atom. The molecule has 1 aromatic rings. The molecule has 0 fully saturated rings. The van der Waals surface area contributed by atoms with Gasteiger partial charge in [-0.05, 0) is 0 Å². The van der Waals surface area contributed by atoms with Crippen LogP contribution in [0.15, 0.2) is 6.07 Å². The van der Waals surface area contributed by atoms with Crippen LogP contribution in [0.1, 0.15) is 16.7 Å². The van der Waals surface area contributed by atoms with Gasteiger partial charge in [0, 0.05) is 53.8 Å². The van der Waals surface area contributed by atoms with E-state index in [1.165, 1.54) is 11.1 Å². The molecule has 1 radical (unpaired) electrons. The largest absolute Gasteiger partial charge is 0.356 e. The zero-order chi connectivity index (χ0) is 6.85. The summed E-state index contributed by atoms with van der Waals surface area (Å²) in [6.07, 6.45) is 0. The Morgan fingerprint density at radius 3 is 2.09 bits per heavy atom. The first-order valence-electron chi connectivity index (χ1n) is 3.08. The minimum absolute atomic E-state index is 0. The van der Waals surface area contributed by atoms with Crippen LogP contribution in [0.2, 0.25) is 0 Å². The quantitative estimate of drug-likeness (QED) is 0.596. The van der Waals surface area contributed by atoms with Crippen LogP contribution in [0.5, 0.6) is 0 Å². The van der Waals surface area contributed by atoms with E-state index in [0.717, 1.165) is 5.56 Å². The molecule has 0 aliphatic heterocycles. The first kappa shape index (κ1) is 14.5. The third-order valence-electron chi connectivity index (χ3n) is 1.47. The van der Waals surface area contributed by atoms with Gasteiger partial charge in [-0.2, -0.15) is 0 Å². The van der Waals surface area contributed by atoms with E-state index in [-0.39, 0.29) is 53.8 Å². The molecule has 0 saturated heterocycles. The van der Waals surface area contributed by atoms with Crippen molar-refractivity contribution in [2.24, 2.45) is 0 Å². The molecule has 0 saturated carbocycles. The fourth-order valence-electron chi connectivity index (χ4n) is 0.741. The number of hydrogen-bond acceptors (Lipinski definition) is 0. The minimum atomic E-state index is 0. The van der Waals surface area contributed by atoms with Gasteiger partial charge in [-0.15, -0.1) is 6.92 Å². The zero-order valence-electron chi connectivity index (χ0n) is 7.06. The van der Waals surface area contributed by atoms with Crippen molar-refractivity contribution < 1.29 is 53.8 Å². The maximum atomic E-state index is 3.18. The molecule has 0 aromatic heterocycles. The molecule has 1 rings (SSSR count). The molecular formula is C9H10WY-2. The molecule has 0 aliphatic rings. The zero-order valence-corrected chi connectivity index (χ0v) is 12.8. The second kappa shape index (κ2) is 6.52. The van der Waals surface area contributed by atoms with E-state index in [1.54, 1.807) is 0 Å². The maximum absolute atomic E-state index is 3.18. The van der Waals surface area contributed by atoms with Gasteiger partial charge in [0.25, 0.3) is 0 Å². The molecule has 0 atom stereocenters. The van der Waals surface area contributed by atoms with Crippen LogP contribution >= 0.6 is 0 Å². The summed E-state index contributed by atoms with van der Waals surface area (Å²) in [7, 11) is 0. The van der Waals surface area contributed by atoms with E-state index in [1.807, 2.05) is 13.0 Å². The maximum Gasteiger partial charge on any atom is 0 e. The molecular weight excluding hydrogens is 381 g/mol. The molecule has 0 unspecified atom stereocenters. The molecule has 0 aliphatic carbocycles. The second-order valence-electron chi connectivity index (χ2n) is 2.35. The molecule has 0 nitrogen and oxygen atoms in total. The van der Waals surface area contributed by atoms with Crippen LogP contribution in [0.4, 0.5) is 0 Å². The average molecular weight is 391 g/mol. The number of benzene rings is 1. The normalized spacial score (nSPS) is 7.91. The smallest absolute Gasteiger partial charge is 0 e. The third kappa shape index (κ3) is 4.56. The Kier molecular flexibility index (Phi) is 8.61. The topological polar surface area (TPSA) is 0 Å². The summed E-state index contributed by atoms with van der Waals surface area (Å²) in [5, 5.41) is 0. The van der Waals surface area contributed by atoms with E-state index in [0.29, 0.717) is 0 Å². The Morgan fingerprint density at radius 1 is 1.18 bits per heavy atom. The fourth-order valence-corrected chi connectivity index (χ4v) is 0.741. The van der Waals surface area contributed by atoms with Crippen LogP contribution in [-0.2, 0) is 53.8 Å². The minimum Gasteiger partial charge on any atom is -0.356 e. The number of aryl methyl sites for hydroxylation is 3. The molecule has 0 bridgehead atoms. The van der Waals surface area contributed by atoms with Crippen LogP contribution in [0.3, 0.4) is 0 Å². The van der Waals surface area contributed by atoms with Crippen LogP contribution in [-0.4, -0.2) is 0 Å². The van der Waals surface area contributed by atoms with Crippen LogP contribution in [0.25, 0.3) is 0 Å². The molecule has 11 heavy (non-hydrogen) atoms. The summed E-state index contributed by atoms with van der Waals surface area (Å²) in [6.45, 7) is 6.14. The number of rotatable bonds is 0. The summed E-state index contributed by atoms with van der Waals surface area (Å²) in [5.41, 5.74) is 3.59. The van der Waals surface area contributed by atoms with Gasteiger partial charge in [-0.25, -0.2) is 0 Å². The van der Waals surface area contributed by atoms with Gasteiger partial charge in [0.2, 0.25) is 0 Å². The summed E-state index contributed by atoms with van der Waals surface area (Å²) >= 11 is 0. The van der Waals surface area contributed by atoms with Crippen molar-refractivity contribution in [1.29, 1.82) is 0 Å². The van der Waals surface area contributed by atoms with Gasteiger partial charge < -0.3 is 12.1 Å². The first-order valence-corrected chi connectivity index (χ1v) is 3.08. The monoisotopic (exact) mass is 391 g/mol. The summed E-state index contributed by atoms with van der Waals surface area (Å²) < 4.78 is 0. The molecule has 0 N–H and O–H groups in total. The van der Waals surface area contributed by atoms with Gasteiger partial charge >= 0.3 is 0 Å². The molecule has 57 valence electrons. The number of hydrogen-bond donors (Lipinski definition) is 0.